The minimum Gasteiger partial charge on any atom is -0.332 e. The van der Waals surface area contributed by atoms with Crippen LogP contribution in [-0.4, -0.2) is 41.8 Å². The number of rotatable bonds is 3. The topological polar surface area (TPSA) is 92.1 Å². The molecular weight excluding hydrogens is 252 g/mol. The van der Waals surface area contributed by atoms with E-state index in [1.54, 1.807) is 0 Å². The predicted octanol–water partition coefficient (Wildman–Crippen LogP) is 0.330. The number of hydrogen-bond acceptors (Lipinski definition) is 4. The van der Waals surface area contributed by atoms with Crippen LogP contribution in [-0.2, 0) is 16.4 Å². The Labute approximate surface area is 108 Å². The smallest absolute Gasteiger partial charge is 0.260 e. The van der Waals surface area contributed by atoms with Crippen LogP contribution in [0.15, 0.2) is 11.2 Å². The zero-order valence-corrected chi connectivity index (χ0v) is 11.6. The summed E-state index contributed by atoms with van der Waals surface area (Å²) < 4.78 is 26.3. The van der Waals surface area contributed by atoms with Gasteiger partial charge in [0.15, 0.2) is 5.03 Å². The Morgan fingerprint density at radius 1 is 1.56 bits per heavy atom. The van der Waals surface area contributed by atoms with Gasteiger partial charge in [0, 0.05) is 25.6 Å². The van der Waals surface area contributed by atoms with E-state index < -0.39 is 10.0 Å². The first-order chi connectivity index (χ1) is 8.43. The van der Waals surface area contributed by atoms with Crippen molar-refractivity contribution < 1.29 is 8.42 Å². The second kappa shape index (κ2) is 4.99. The molecule has 3 N–H and O–H groups in total. The Hall–Kier alpha value is -0.920. The zero-order valence-electron chi connectivity index (χ0n) is 10.8. The van der Waals surface area contributed by atoms with Gasteiger partial charge in [0.2, 0.25) is 0 Å². The first-order valence-electron chi connectivity index (χ1n) is 6.23. The van der Waals surface area contributed by atoms with Crippen molar-refractivity contribution in [2.45, 2.75) is 37.8 Å². The van der Waals surface area contributed by atoms with Gasteiger partial charge >= 0.3 is 0 Å². The van der Waals surface area contributed by atoms with Gasteiger partial charge in [-0.15, -0.1) is 0 Å². The summed E-state index contributed by atoms with van der Waals surface area (Å²) in [5.41, 5.74) is 5.89. The Bertz CT molecular complexity index is 501. The van der Waals surface area contributed by atoms with E-state index in [0.29, 0.717) is 25.3 Å². The fraction of sp³-hybridized carbons (Fsp3) is 0.727. The molecule has 0 aromatic carbocycles. The van der Waals surface area contributed by atoms with E-state index in [-0.39, 0.29) is 17.0 Å². The highest BCUT2D eigenvalue weighted by Crippen LogP contribution is 2.22. The molecular formula is C11H20N4O2S. The number of piperidine rings is 1. The molecule has 0 bridgehead atoms. The van der Waals surface area contributed by atoms with E-state index in [0.717, 1.165) is 6.42 Å². The average Bonchev–Trinajstić information content (AvgIpc) is 2.76. The fourth-order valence-corrected chi connectivity index (χ4v) is 3.89. The SMILES string of the molecule is CCc1ncc(S(=O)(=O)N2CC(C)CC(N)C2)[nH]1. The summed E-state index contributed by atoms with van der Waals surface area (Å²) >= 11 is 0. The van der Waals surface area contributed by atoms with Gasteiger partial charge in [-0.2, -0.15) is 4.31 Å². The van der Waals surface area contributed by atoms with Crippen molar-refractivity contribution in [2.24, 2.45) is 11.7 Å². The third-order valence-electron chi connectivity index (χ3n) is 3.22. The highest BCUT2D eigenvalue weighted by molar-refractivity contribution is 7.89. The lowest BCUT2D eigenvalue weighted by Gasteiger charge is -2.33. The third kappa shape index (κ3) is 2.57. The summed E-state index contributed by atoms with van der Waals surface area (Å²) in [6.07, 6.45) is 2.94. The van der Waals surface area contributed by atoms with Crippen LogP contribution in [0.2, 0.25) is 0 Å². The van der Waals surface area contributed by atoms with Gasteiger partial charge in [-0.25, -0.2) is 13.4 Å². The quantitative estimate of drug-likeness (QED) is 0.829. The molecule has 2 unspecified atom stereocenters. The number of aryl methyl sites for hydroxylation is 1. The van der Waals surface area contributed by atoms with Gasteiger partial charge in [-0.1, -0.05) is 13.8 Å². The number of imidazole rings is 1. The minimum absolute atomic E-state index is 0.0860. The van der Waals surface area contributed by atoms with Gasteiger partial charge in [0.05, 0.1) is 6.20 Å². The van der Waals surface area contributed by atoms with E-state index >= 15 is 0 Å². The maximum atomic E-state index is 12.4. The summed E-state index contributed by atoms with van der Waals surface area (Å²) in [5, 5.41) is 0.167. The summed E-state index contributed by atoms with van der Waals surface area (Å²) in [6.45, 7) is 4.85. The van der Waals surface area contributed by atoms with E-state index in [1.165, 1.54) is 10.5 Å². The van der Waals surface area contributed by atoms with E-state index in [9.17, 15) is 8.42 Å². The predicted molar refractivity (Wildman–Crippen MR) is 68.5 cm³/mol. The maximum Gasteiger partial charge on any atom is 0.260 e. The number of aromatic nitrogens is 2. The number of aromatic amines is 1. The van der Waals surface area contributed by atoms with Gasteiger partial charge in [0.25, 0.3) is 10.0 Å². The monoisotopic (exact) mass is 272 g/mol. The standard InChI is InChI=1S/C11H20N4O2S/c1-3-10-13-5-11(14-10)18(16,17)15-6-8(2)4-9(12)7-15/h5,8-9H,3-4,6-7,12H2,1-2H3,(H,13,14). The Morgan fingerprint density at radius 2 is 2.28 bits per heavy atom. The molecule has 1 aliphatic rings. The van der Waals surface area contributed by atoms with Crippen LogP contribution >= 0.6 is 0 Å². The number of hydrogen-bond donors (Lipinski definition) is 2. The first-order valence-corrected chi connectivity index (χ1v) is 7.67. The molecule has 1 fully saturated rings. The van der Waals surface area contributed by atoms with Crippen LogP contribution in [0.3, 0.4) is 0 Å². The van der Waals surface area contributed by atoms with Gasteiger partial charge in [-0.3, -0.25) is 0 Å². The average molecular weight is 272 g/mol. The summed E-state index contributed by atoms with van der Waals surface area (Å²) in [6, 6.07) is -0.0860. The van der Waals surface area contributed by atoms with Crippen molar-refractivity contribution in [1.82, 2.24) is 14.3 Å². The molecule has 2 atom stereocenters. The second-order valence-electron chi connectivity index (χ2n) is 4.97. The molecule has 6 nitrogen and oxygen atoms in total. The minimum atomic E-state index is -3.48. The summed E-state index contributed by atoms with van der Waals surface area (Å²) in [4.78, 5) is 6.89. The Kier molecular flexibility index (Phi) is 3.74. The van der Waals surface area contributed by atoms with Crippen LogP contribution in [0.1, 0.15) is 26.1 Å². The molecule has 0 aliphatic carbocycles. The molecule has 0 amide bonds. The van der Waals surface area contributed by atoms with Crippen LogP contribution in [0.25, 0.3) is 0 Å². The van der Waals surface area contributed by atoms with Crippen molar-refractivity contribution in [2.75, 3.05) is 13.1 Å². The number of H-pyrrole nitrogens is 1. The van der Waals surface area contributed by atoms with Crippen molar-refractivity contribution in [1.29, 1.82) is 0 Å². The summed E-state index contributed by atoms with van der Waals surface area (Å²) in [5.74, 6) is 0.972. The van der Waals surface area contributed by atoms with Gasteiger partial charge in [0.1, 0.15) is 5.82 Å². The molecule has 2 rings (SSSR count). The Morgan fingerprint density at radius 3 is 2.83 bits per heavy atom. The molecule has 2 heterocycles. The van der Waals surface area contributed by atoms with Crippen LogP contribution in [0.5, 0.6) is 0 Å². The van der Waals surface area contributed by atoms with E-state index in [2.05, 4.69) is 9.97 Å². The van der Waals surface area contributed by atoms with Crippen molar-refractivity contribution >= 4 is 10.0 Å². The van der Waals surface area contributed by atoms with Crippen LogP contribution < -0.4 is 5.73 Å². The van der Waals surface area contributed by atoms with Gasteiger partial charge in [-0.05, 0) is 12.3 Å². The maximum absolute atomic E-state index is 12.4. The van der Waals surface area contributed by atoms with E-state index in [4.69, 9.17) is 5.73 Å². The van der Waals surface area contributed by atoms with Crippen LogP contribution in [0, 0.1) is 5.92 Å². The largest absolute Gasteiger partial charge is 0.332 e. The number of nitrogens with zero attached hydrogens (tertiary/aromatic N) is 2. The molecule has 102 valence electrons. The van der Waals surface area contributed by atoms with Crippen LogP contribution in [0.4, 0.5) is 0 Å². The molecule has 7 heteroatoms. The first kappa shape index (κ1) is 13.5. The van der Waals surface area contributed by atoms with Crippen molar-refractivity contribution in [3.8, 4) is 0 Å². The normalized spacial score (nSPS) is 26.4. The summed E-state index contributed by atoms with van der Waals surface area (Å²) in [7, 11) is -3.48. The molecule has 1 aliphatic heterocycles. The van der Waals surface area contributed by atoms with Gasteiger partial charge < -0.3 is 10.7 Å². The highest BCUT2D eigenvalue weighted by atomic mass is 32.2. The molecule has 0 radical (unpaired) electrons. The molecule has 1 aromatic heterocycles. The lowest BCUT2D eigenvalue weighted by Crippen LogP contribution is -2.48. The zero-order chi connectivity index (χ0) is 13.3. The lowest BCUT2D eigenvalue weighted by molar-refractivity contribution is 0.254. The molecule has 0 spiro atoms. The Balaban J connectivity index is 2.25. The number of nitrogens with two attached hydrogens (primary N) is 1. The number of sulfonamides is 1. The molecule has 0 saturated carbocycles. The fourth-order valence-electron chi connectivity index (χ4n) is 2.34. The van der Waals surface area contributed by atoms with Crippen molar-refractivity contribution in [3.63, 3.8) is 0 Å². The second-order valence-corrected chi connectivity index (χ2v) is 6.88. The molecule has 18 heavy (non-hydrogen) atoms. The van der Waals surface area contributed by atoms with E-state index in [1.807, 2.05) is 13.8 Å². The highest BCUT2D eigenvalue weighted by Gasteiger charge is 2.32. The number of nitrogens with one attached hydrogen (secondary N) is 1. The molecule has 1 saturated heterocycles. The van der Waals surface area contributed by atoms with Crippen molar-refractivity contribution in [3.05, 3.63) is 12.0 Å². The molecule has 1 aromatic rings. The lowest BCUT2D eigenvalue weighted by atomic mass is 9.99. The third-order valence-corrected chi connectivity index (χ3v) is 4.96.